The molecule has 1 aliphatic heterocycles. The second-order valence-corrected chi connectivity index (χ2v) is 5.86. The number of halogens is 2. The number of rotatable bonds is 2. The molecule has 1 fully saturated rings. The van der Waals surface area contributed by atoms with E-state index in [9.17, 15) is 0 Å². The summed E-state index contributed by atoms with van der Waals surface area (Å²) >= 11 is 11.9. The Morgan fingerprint density at radius 1 is 0.905 bits per heavy atom. The van der Waals surface area contributed by atoms with Gasteiger partial charge in [0.05, 0.1) is 0 Å². The Hall–Kier alpha value is -1.65. The number of piperazine rings is 1. The van der Waals surface area contributed by atoms with Crippen LogP contribution in [0.15, 0.2) is 36.4 Å². The Labute approximate surface area is 134 Å². The zero-order valence-electron chi connectivity index (χ0n) is 11.5. The molecule has 2 aromatic rings. The molecule has 3 rings (SSSR count). The summed E-state index contributed by atoms with van der Waals surface area (Å²) < 4.78 is 0. The Balaban J connectivity index is 1.68. The first-order valence-electron chi connectivity index (χ1n) is 6.80. The van der Waals surface area contributed by atoms with Gasteiger partial charge in [-0.2, -0.15) is 0 Å². The molecule has 2 N–H and O–H groups in total. The zero-order chi connectivity index (χ0) is 14.8. The topological polar surface area (TPSA) is 45.4 Å². The quantitative estimate of drug-likeness (QED) is 0.862. The second-order valence-electron chi connectivity index (χ2n) is 5.03. The monoisotopic (exact) mass is 322 g/mol. The van der Waals surface area contributed by atoms with Gasteiger partial charge in [0, 0.05) is 48.6 Å². The largest absolute Gasteiger partial charge is 0.399 e. The van der Waals surface area contributed by atoms with E-state index < -0.39 is 0 Å². The molecule has 0 unspecified atom stereocenters. The molecular formula is C15H16Cl2N4. The van der Waals surface area contributed by atoms with Crippen LogP contribution in [0.5, 0.6) is 0 Å². The maximum absolute atomic E-state index is 5.97. The van der Waals surface area contributed by atoms with E-state index in [2.05, 4.69) is 14.8 Å². The first kappa shape index (κ1) is 14.3. The maximum Gasteiger partial charge on any atom is 0.133 e. The van der Waals surface area contributed by atoms with Crippen molar-refractivity contribution in [2.24, 2.45) is 0 Å². The number of nitrogen functional groups attached to an aromatic ring is 1. The van der Waals surface area contributed by atoms with Gasteiger partial charge in [-0.15, -0.1) is 0 Å². The third-order valence-corrected chi connectivity index (χ3v) is 4.04. The normalized spacial score (nSPS) is 15.3. The molecule has 1 aliphatic rings. The van der Waals surface area contributed by atoms with Crippen LogP contribution in [-0.2, 0) is 0 Å². The van der Waals surface area contributed by atoms with Gasteiger partial charge in [0.1, 0.15) is 11.0 Å². The third-order valence-electron chi connectivity index (χ3n) is 3.60. The van der Waals surface area contributed by atoms with E-state index >= 15 is 0 Å². The second kappa shape index (κ2) is 6.00. The van der Waals surface area contributed by atoms with Gasteiger partial charge in [-0.1, -0.05) is 23.2 Å². The first-order chi connectivity index (χ1) is 10.1. The molecule has 0 saturated carbocycles. The van der Waals surface area contributed by atoms with Crippen LogP contribution < -0.4 is 15.5 Å². The predicted molar refractivity (Wildman–Crippen MR) is 89.5 cm³/mol. The number of nitrogens with two attached hydrogens (primary N) is 1. The third kappa shape index (κ3) is 3.34. The predicted octanol–water partition coefficient (Wildman–Crippen LogP) is 3.30. The lowest BCUT2D eigenvalue weighted by atomic mass is 10.2. The van der Waals surface area contributed by atoms with Crippen molar-refractivity contribution in [3.05, 3.63) is 46.6 Å². The highest BCUT2D eigenvalue weighted by Crippen LogP contribution is 2.23. The van der Waals surface area contributed by atoms with Crippen LogP contribution in [0.3, 0.4) is 0 Å². The van der Waals surface area contributed by atoms with E-state index in [4.69, 9.17) is 28.9 Å². The van der Waals surface area contributed by atoms with Crippen molar-refractivity contribution in [1.82, 2.24) is 4.98 Å². The van der Waals surface area contributed by atoms with E-state index in [-0.39, 0.29) is 0 Å². The van der Waals surface area contributed by atoms with Gasteiger partial charge in [-0.3, -0.25) is 0 Å². The van der Waals surface area contributed by atoms with E-state index in [1.54, 1.807) is 6.07 Å². The maximum atomic E-state index is 5.97. The van der Waals surface area contributed by atoms with Crippen LogP contribution in [0.25, 0.3) is 0 Å². The highest BCUT2D eigenvalue weighted by atomic mass is 35.5. The molecular weight excluding hydrogens is 307 g/mol. The zero-order valence-corrected chi connectivity index (χ0v) is 13.0. The Morgan fingerprint density at radius 2 is 1.52 bits per heavy atom. The summed E-state index contributed by atoms with van der Waals surface area (Å²) in [5.74, 6) is 0.843. The van der Waals surface area contributed by atoms with Crippen molar-refractivity contribution in [2.75, 3.05) is 41.7 Å². The van der Waals surface area contributed by atoms with Gasteiger partial charge in [0.25, 0.3) is 0 Å². The summed E-state index contributed by atoms with van der Waals surface area (Å²) in [5.41, 5.74) is 7.66. The molecule has 110 valence electrons. The van der Waals surface area contributed by atoms with Crippen molar-refractivity contribution in [1.29, 1.82) is 0 Å². The van der Waals surface area contributed by atoms with Crippen LogP contribution >= 0.6 is 23.2 Å². The molecule has 1 aromatic heterocycles. The van der Waals surface area contributed by atoms with Crippen molar-refractivity contribution in [3.63, 3.8) is 0 Å². The fraction of sp³-hybridized carbons (Fsp3) is 0.267. The van der Waals surface area contributed by atoms with Crippen LogP contribution in [0, 0.1) is 0 Å². The molecule has 0 amide bonds. The van der Waals surface area contributed by atoms with Gasteiger partial charge in [-0.25, -0.2) is 4.98 Å². The standard InChI is InChI=1S/C15H16Cl2N4/c16-11-1-3-13(4-2-11)20-5-7-21(8-6-20)15-10-12(18)9-14(17)19-15/h1-4,9-10H,5-8H2,(H2,18,19). The van der Waals surface area contributed by atoms with E-state index in [0.717, 1.165) is 37.0 Å². The number of benzene rings is 1. The molecule has 1 aromatic carbocycles. The number of anilines is 3. The van der Waals surface area contributed by atoms with Crippen LogP contribution in [0.1, 0.15) is 0 Å². The lowest BCUT2D eigenvalue weighted by Crippen LogP contribution is -2.46. The minimum Gasteiger partial charge on any atom is -0.399 e. The van der Waals surface area contributed by atoms with E-state index in [1.807, 2.05) is 30.3 Å². The van der Waals surface area contributed by atoms with Gasteiger partial charge in [-0.05, 0) is 30.3 Å². The molecule has 0 radical (unpaired) electrons. The van der Waals surface area contributed by atoms with Gasteiger partial charge in [0.15, 0.2) is 0 Å². The molecule has 2 heterocycles. The average molecular weight is 323 g/mol. The molecule has 4 nitrogen and oxygen atoms in total. The summed E-state index contributed by atoms with van der Waals surface area (Å²) in [5, 5.41) is 1.20. The van der Waals surface area contributed by atoms with Crippen molar-refractivity contribution in [2.45, 2.75) is 0 Å². The van der Waals surface area contributed by atoms with Gasteiger partial charge < -0.3 is 15.5 Å². The highest BCUT2D eigenvalue weighted by Gasteiger charge is 2.18. The smallest absolute Gasteiger partial charge is 0.133 e. The number of nitrogens with zero attached hydrogens (tertiary/aromatic N) is 3. The van der Waals surface area contributed by atoms with E-state index in [0.29, 0.717) is 10.8 Å². The molecule has 0 spiro atoms. The molecule has 0 aliphatic carbocycles. The van der Waals surface area contributed by atoms with Gasteiger partial charge in [0.2, 0.25) is 0 Å². The van der Waals surface area contributed by atoms with Crippen molar-refractivity contribution in [3.8, 4) is 0 Å². The lowest BCUT2D eigenvalue weighted by Gasteiger charge is -2.36. The molecule has 0 atom stereocenters. The minimum atomic E-state index is 0.435. The van der Waals surface area contributed by atoms with Crippen molar-refractivity contribution >= 4 is 40.4 Å². The number of aromatic nitrogens is 1. The fourth-order valence-electron chi connectivity index (χ4n) is 2.51. The fourth-order valence-corrected chi connectivity index (χ4v) is 2.85. The molecule has 1 saturated heterocycles. The van der Waals surface area contributed by atoms with Crippen molar-refractivity contribution < 1.29 is 0 Å². The van der Waals surface area contributed by atoms with Crippen LogP contribution in [0.4, 0.5) is 17.2 Å². The first-order valence-corrected chi connectivity index (χ1v) is 7.56. The minimum absolute atomic E-state index is 0.435. The SMILES string of the molecule is Nc1cc(Cl)nc(N2CCN(c3ccc(Cl)cc3)CC2)c1. The Morgan fingerprint density at radius 3 is 2.14 bits per heavy atom. The summed E-state index contributed by atoms with van der Waals surface area (Å²) in [6, 6.07) is 11.5. The lowest BCUT2D eigenvalue weighted by molar-refractivity contribution is 0.647. The number of pyridine rings is 1. The average Bonchev–Trinajstić information content (AvgIpc) is 2.47. The molecule has 21 heavy (non-hydrogen) atoms. The Bertz CT molecular complexity index is 602. The molecule has 0 bridgehead atoms. The van der Waals surface area contributed by atoms with E-state index in [1.165, 1.54) is 5.69 Å². The number of hydrogen-bond acceptors (Lipinski definition) is 4. The number of hydrogen-bond donors (Lipinski definition) is 1. The summed E-state index contributed by atoms with van der Waals surface area (Å²) in [7, 11) is 0. The highest BCUT2D eigenvalue weighted by molar-refractivity contribution is 6.30. The Kier molecular flexibility index (Phi) is 4.08. The van der Waals surface area contributed by atoms with Crippen LogP contribution in [-0.4, -0.2) is 31.2 Å². The summed E-state index contributed by atoms with van der Waals surface area (Å²) in [6.45, 7) is 3.62. The van der Waals surface area contributed by atoms with Gasteiger partial charge >= 0.3 is 0 Å². The molecule has 6 heteroatoms. The summed E-state index contributed by atoms with van der Waals surface area (Å²) in [6.07, 6.45) is 0. The summed E-state index contributed by atoms with van der Waals surface area (Å²) in [4.78, 5) is 8.88. The van der Waals surface area contributed by atoms with Crippen LogP contribution in [0.2, 0.25) is 10.2 Å².